The van der Waals surface area contributed by atoms with Gasteiger partial charge in [0, 0.05) is 23.0 Å². The Morgan fingerprint density at radius 1 is 1.37 bits per heavy atom. The van der Waals surface area contributed by atoms with E-state index in [9.17, 15) is 4.79 Å². The highest BCUT2D eigenvalue weighted by Gasteiger charge is 2.21. The fourth-order valence-electron chi connectivity index (χ4n) is 2.49. The molecule has 0 aliphatic heterocycles. The molecule has 1 rings (SSSR count). The Morgan fingerprint density at radius 2 is 1.95 bits per heavy atom. The second kappa shape index (κ2) is 6.58. The quantitative estimate of drug-likeness (QED) is 0.591. The molecule has 0 amide bonds. The first-order chi connectivity index (χ1) is 8.75. The maximum Gasteiger partial charge on any atom is 0.182 e. The van der Waals surface area contributed by atoms with Crippen molar-refractivity contribution in [2.45, 2.75) is 45.5 Å². The van der Waals surface area contributed by atoms with Crippen LogP contribution in [0.4, 0.5) is 0 Å². The summed E-state index contributed by atoms with van der Waals surface area (Å²) in [5.41, 5.74) is 2.92. The molecule has 0 spiro atoms. The molecule has 1 aromatic heterocycles. The third kappa shape index (κ3) is 3.83. The monoisotopic (exact) mass is 284 g/mol. The lowest BCUT2D eigenvalue weighted by atomic mass is 10.1. The van der Waals surface area contributed by atoms with Gasteiger partial charge in [0.1, 0.15) is 0 Å². The van der Waals surface area contributed by atoms with E-state index in [1.165, 1.54) is 0 Å². The number of ketones is 1. The molecule has 1 aromatic rings. The predicted octanol–water partition coefficient (Wildman–Crippen LogP) is 3.43. The zero-order valence-corrected chi connectivity index (χ0v) is 13.6. The maximum atomic E-state index is 12.1. The first-order valence-electron chi connectivity index (χ1n) is 6.77. The number of alkyl halides is 1. The highest BCUT2D eigenvalue weighted by atomic mass is 35.5. The van der Waals surface area contributed by atoms with Crippen molar-refractivity contribution in [3.63, 3.8) is 0 Å². The summed E-state index contributed by atoms with van der Waals surface area (Å²) in [6.45, 7) is 9.02. The van der Waals surface area contributed by atoms with E-state index >= 15 is 0 Å². The van der Waals surface area contributed by atoms with E-state index in [4.69, 9.17) is 11.6 Å². The van der Waals surface area contributed by atoms with Crippen molar-refractivity contribution in [3.05, 3.63) is 23.0 Å². The van der Waals surface area contributed by atoms with Crippen LogP contribution in [0.1, 0.15) is 48.1 Å². The summed E-state index contributed by atoms with van der Waals surface area (Å²) < 4.78 is 2.25. The molecule has 19 heavy (non-hydrogen) atoms. The van der Waals surface area contributed by atoms with Crippen LogP contribution in [0.25, 0.3) is 0 Å². The number of carbonyl (C=O) groups is 1. The van der Waals surface area contributed by atoms with Crippen LogP contribution in [0.3, 0.4) is 0 Å². The minimum atomic E-state index is -0.467. The predicted molar refractivity (Wildman–Crippen MR) is 81.4 cm³/mol. The molecule has 0 saturated heterocycles. The molecule has 3 nitrogen and oxygen atoms in total. The van der Waals surface area contributed by atoms with Gasteiger partial charge in [0.2, 0.25) is 0 Å². The summed E-state index contributed by atoms with van der Waals surface area (Å²) in [4.78, 5) is 14.2. The lowest BCUT2D eigenvalue weighted by Crippen LogP contribution is -2.19. The van der Waals surface area contributed by atoms with Gasteiger partial charge in [0.15, 0.2) is 5.78 Å². The second-order valence-corrected chi connectivity index (χ2v) is 6.23. The molecule has 0 aromatic carbocycles. The fraction of sp³-hybridized carbons (Fsp3) is 0.667. The Balaban J connectivity index is 3.00. The van der Waals surface area contributed by atoms with Gasteiger partial charge < -0.3 is 9.47 Å². The van der Waals surface area contributed by atoms with Crippen LogP contribution in [0.15, 0.2) is 6.07 Å². The molecule has 2 unspecified atom stereocenters. The van der Waals surface area contributed by atoms with Crippen LogP contribution in [0.2, 0.25) is 0 Å². The topological polar surface area (TPSA) is 25.2 Å². The van der Waals surface area contributed by atoms with Crippen molar-refractivity contribution in [2.75, 3.05) is 20.6 Å². The molecule has 108 valence electrons. The molecular weight excluding hydrogens is 260 g/mol. The summed E-state index contributed by atoms with van der Waals surface area (Å²) in [6.07, 6.45) is 1.06. The lowest BCUT2D eigenvalue weighted by molar-refractivity contribution is 0.0991. The van der Waals surface area contributed by atoms with Gasteiger partial charge in [-0.3, -0.25) is 4.79 Å². The van der Waals surface area contributed by atoms with E-state index in [0.29, 0.717) is 6.04 Å². The van der Waals surface area contributed by atoms with Crippen LogP contribution in [-0.4, -0.2) is 41.3 Å². The SMILES string of the molecule is Cc1cc(C(=O)C(C)Cl)c(C)n1C(C)CCN(C)C. The van der Waals surface area contributed by atoms with E-state index < -0.39 is 5.38 Å². The molecule has 0 radical (unpaired) electrons. The molecule has 1 heterocycles. The van der Waals surface area contributed by atoms with Crippen LogP contribution < -0.4 is 0 Å². The zero-order chi connectivity index (χ0) is 14.7. The Labute approximate surface area is 121 Å². The number of hydrogen-bond acceptors (Lipinski definition) is 2. The van der Waals surface area contributed by atoms with Gasteiger partial charge in [-0.2, -0.15) is 0 Å². The molecule has 0 bridgehead atoms. The molecule has 4 heteroatoms. The first kappa shape index (κ1) is 16.3. The summed E-state index contributed by atoms with van der Waals surface area (Å²) in [5.74, 6) is 0.0147. The van der Waals surface area contributed by atoms with E-state index in [1.807, 2.05) is 13.0 Å². The minimum absolute atomic E-state index is 0.0147. The highest BCUT2D eigenvalue weighted by molar-refractivity contribution is 6.33. The lowest BCUT2D eigenvalue weighted by Gasteiger charge is -2.20. The van der Waals surface area contributed by atoms with E-state index in [1.54, 1.807) is 6.92 Å². The van der Waals surface area contributed by atoms with Crippen molar-refractivity contribution in [1.29, 1.82) is 0 Å². The van der Waals surface area contributed by atoms with Gasteiger partial charge in [-0.1, -0.05) is 0 Å². The molecule has 0 aliphatic rings. The van der Waals surface area contributed by atoms with Crippen molar-refractivity contribution < 1.29 is 4.79 Å². The van der Waals surface area contributed by atoms with E-state index in [-0.39, 0.29) is 5.78 Å². The zero-order valence-electron chi connectivity index (χ0n) is 12.8. The van der Waals surface area contributed by atoms with Crippen molar-refractivity contribution >= 4 is 17.4 Å². The Hall–Kier alpha value is -0.800. The number of nitrogens with zero attached hydrogens (tertiary/aromatic N) is 2. The third-order valence-electron chi connectivity index (χ3n) is 3.55. The number of hydrogen-bond donors (Lipinski definition) is 0. The first-order valence-corrected chi connectivity index (χ1v) is 7.20. The summed E-state index contributed by atoms with van der Waals surface area (Å²) in [5, 5.41) is -0.467. The van der Waals surface area contributed by atoms with Crippen LogP contribution in [0.5, 0.6) is 0 Å². The summed E-state index contributed by atoms with van der Waals surface area (Å²) in [6, 6.07) is 2.34. The highest BCUT2D eigenvalue weighted by Crippen LogP contribution is 2.24. The molecular formula is C15H25ClN2O. The number of aryl methyl sites for hydroxylation is 1. The van der Waals surface area contributed by atoms with Crippen LogP contribution in [0, 0.1) is 13.8 Å². The van der Waals surface area contributed by atoms with E-state index in [2.05, 4.69) is 37.4 Å². The fourth-order valence-corrected chi connectivity index (χ4v) is 2.61. The van der Waals surface area contributed by atoms with Crippen LogP contribution >= 0.6 is 11.6 Å². The van der Waals surface area contributed by atoms with Gasteiger partial charge in [-0.05, 0) is 60.8 Å². The Kier molecular flexibility index (Phi) is 5.63. The smallest absolute Gasteiger partial charge is 0.182 e. The third-order valence-corrected chi connectivity index (χ3v) is 3.74. The Bertz CT molecular complexity index is 449. The molecule has 0 fully saturated rings. The summed E-state index contributed by atoms with van der Waals surface area (Å²) in [7, 11) is 4.15. The molecule has 0 N–H and O–H groups in total. The molecule has 2 atom stereocenters. The number of rotatable bonds is 6. The average molecular weight is 285 g/mol. The average Bonchev–Trinajstić information content (AvgIpc) is 2.60. The normalized spacial score (nSPS) is 14.7. The van der Waals surface area contributed by atoms with Crippen molar-refractivity contribution in [1.82, 2.24) is 9.47 Å². The van der Waals surface area contributed by atoms with E-state index in [0.717, 1.165) is 29.9 Å². The molecule has 0 aliphatic carbocycles. The number of carbonyl (C=O) groups excluding carboxylic acids is 1. The van der Waals surface area contributed by atoms with Gasteiger partial charge in [-0.25, -0.2) is 0 Å². The minimum Gasteiger partial charge on any atom is -0.346 e. The maximum absolute atomic E-state index is 12.1. The second-order valence-electron chi connectivity index (χ2n) is 5.58. The van der Waals surface area contributed by atoms with Gasteiger partial charge in [0.05, 0.1) is 5.38 Å². The molecule has 0 saturated carbocycles. The standard InChI is InChI=1S/C15H25ClN2O/c1-10(7-8-17(5)6)18-11(2)9-14(13(18)4)15(19)12(3)16/h9-10,12H,7-8H2,1-6H3. The van der Waals surface area contributed by atoms with Crippen LogP contribution in [-0.2, 0) is 0 Å². The number of aromatic nitrogens is 1. The van der Waals surface area contributed by atoms with Gasteiger partial charge in [-0.15, -0.1) is 11.6 Å². The van der Waals surface area contributed by atoms with Gasteiger partial charge in [0.25, 0.3) is 0 Å². The van der Waals surface area contributed by atoms with Crippen molar-refractivity contribution in [3.8, 4) is 0 Å². The van der Waals surface area contributed by atoms with Crippen molar-refractivity contribution in [2.24, 2.45) is 0 Å². The summed E-state index contributed by atoms with van der Waals surface area (Å²) >= 11 is 5.91. The Morgan fingerprint density at radius 3 is 2.42 bits per heavy atom. The number of Topliss-reactive ketones (excluding diaryl/α,β-unsaturated/α-hetero) is 1. The number of halogens is 1. The largest absolute Gasteiger partial charge is 0.346 e. The van der Waals surface area contributed by atoms with Gasteiger partial charge >= 0.3 is 0 Å².